The fourth-order valence-corrected chi connectivity index (χ4v) is 3.90. The third-order valence-corrected chi connectivity index (χ3v) is 5.19. The second kappa shape index (κ2) is 7.18. The van der Waals surface area contributed by atoms with E-state index < -0.39 is 0 Å². The summed E-state index contributed by atoms with van der Waals surface area (Å²) in [6.45, 7) is 3.12. The van der Waals surface area contributed by atoms with Gasteiger partial charge in [0.1, 0.15) is 0 Å². The van der Waals surface area contributed by atoms with E-state index in [-0.39, 0.29) is 5.91 Å². The van der Waals surface area contributed by atoms with Crippen LogP contribution in [0.1, 0.15) is 41.6 Å². The molecular formula is C21H25N3O. The average Bonchev–Trinajstić information content (AvgIpc) is 2.68. The van der Waals surface area contributed by atoms with Gasteiger partial charge >= 0.3 is 0 Å². The number of fused-ring (bicyclic) bond motifs is 1. The average molecular weight is 335 g/mol. The first-order chi connectivity index (χ1) is 12.3. The molecule has 4 nitrogen and oxygen atoms in total. The Morgan fingerprint density at radius 1 is 0.960 bits per heavy atom. The number of rotatable bonds is 3. The summed E-state index contributed by atoms with van der Waals surface area (Å²) in [5.41, 5.74) is 5.08. The lowest BCUT2D eigenvalue weighted by molar-refractivity contribution is 0.102. The number of hydrogen-bond acceptors (Lipinski definition) is 3. The van der Waals surface area contributed by atoms with Gasteiger partial charge in [-0.15, -0.1) is 0 Å². The van der Waals surface area contributed by atoms with Gasteiger partial charge in [-0.05, 0) is 61.9 Å². The Hall–Kier alpha value is -2.49. The number of anilines is 3. The van der Waals surface area contributed by atoms with E-state index in [2.05, 4.69) is 27.7 Å². The van der Waals surface area contributed by atoms with Crippen LogP contribution in [0.2, 0.25) is 0 Å². The topological polar surface area (TPSA) is 44.4 Å². The van der Waals surface area contributed by atoms with E-state index in [1.165, 1.54) is 19.3 Å². The Kier molecular flexibility index (Phi) is 4.59. The molecule has 0 unspecified atom stereocenters. The van der Waals surface area contributed by atoms with E-state index in [1.54, 1.807) is 0 Å². The summed E-state index contributed by atoms with van der Waals surface area (Å²) in [6, 6.07) is 14.1. The van der Waals surface area contributed by atoms with Crippen molar-refractivity contribution in [3.05, 3.63) is 53.6 Å². The fraction of sp³-hybridized carbons (Fsp3) is 0.381. The molecule has 0 aromatic heterocycles. The zero-order chi connectivity index (χ0) is 17.1. The van der Waals surface area contributed by atoms with Crippen LogP contribution in [-0.4, -0.2) is 25.5 Å². The maximum absolute atomic E-state index is 13.0. The molecule has 2 aliphatic rings. The number of amides is 1. The molecule has 4 heteroatoms. The van der Waals surface area contributed by atoms with E-state index in [4.69, 9.17) is 0 Å². The van der Waals surface area contributed by atoms with Gasteiger partial charge < -0.3 is 15.5 Å². The Balaban J connectivity index is 1.60. The van der Waals surface area contributed by atoms with Gasteiger partial charge in [0.05, 0.1) is 11.4 Å². The molecule has 1 amide bonds. The van der Waals surface area contributed by atoms with Gasteiger partial charge in [-0.1, -0.05) is 18.2 Å². The van der Waals surface area contributed by atoms with Crippen LogP contribution in [0.3, 0.4) is 0 Å². The summed E-state index contributed by atoms with van der Waals surface area (Å²) < 4.78 is 0. The van der Waals surface area contributed by atoms with Crippen LogP contribution in [0.4, 0.5) is 17.1 Å². The molecular weight excluding hydrogens is 310 g/mol. The van der Waals surface area contributed by atoms with Gasteiger partial charge in [0.2, 0.25) is 0 Å². The van der Waals surface area contributed by atoms with Crippen molar-refractivity contribution in [2.75, 3.05) is 35.2 Å². The summed E-state index contributed by atoms with van der Waals surface area (Å²) in [5, 5.41) is 6.56. The van der Waals surface area contributed by atoms with Crippen LogP contribution < -0.4 is 15.5 Å². The lowest BCUT2D eigenvalue weighted by Crippen LogP contribution is -2.30. The first-order valence-corrected chi connectivity index (χ1v) is 9.34. The quantitative estimate of drug-likeness (QED) is 0.879. The fourth-order valence-electron chi connectivity index (χ4n) is 3.90. The van der Waals surface area contributed by atoms with Crippen LogP contribution in [-0.2, 0) is 6.42 Å². The molecule has 130 valence electrons. The standard InChI is InChI=1S/C21H25N3O/c25-21(17-8-6-11-18-16(17)9-7-13-22-18)23-19-10-2-3-12-20(19)24-14-4-1-5-15-24/h2-3,6,8,10-12,22H,1,4-5,7,9,13-15H2,(H,23,25). The first kappa shape index (κ1) is 16.0. The Labute approximate surface area is 149 Å². The SMILES string of the molecule is O=C(Nc1ccccc1N1CCCCC1)c1cccc2c1CCCN2. The molecule has 4 rings (SSSR count). The Bertz CT molecular complexity index is 765. The van der Waals surface area contributed by atoms with Crippen LogP contribution in [0, 0.1) is 0 Å². The number of para-hydroxylation sites is 2. The minimum Gasteiger partial charge on any atom is -0.385 e. The minimum atomic E-state index is -0.00925. The summed E-state index contributed by atoms with van der Waals surface area (Å²) in [7, 11) is 0. The Morgan fingerprint density at radius 3 is 2.68 bits per heavy atom. The van der Waals surface area contributed by atoms with Crippen LogP contribution in [0.15, 0.2) is 42.5 Å². The van der Waals surface area contributed by atoms with E-state index in [1.807, 2.05) is 30.3 Å². The summed E-state index contributed by atoms with van der Waals surface area (Å²) in [4.78, 5) is 15.4. The molecule has 0 aliphatic carbocycles. The molecule has 2 aromatic rings. The highest BCUT2D eigenvalue weighted by Crippen LogP contribution is 2.30. The molecule has 2 aliphatic heterocycles. The van der Waals surface area contributed by atoms with Gasteiger partial charge in [0.25, 0.3) is 5.91 Å². The molecule has 2 aromatic carbocycles. The van der Waals surface area contributed by atoms with Gasteiger partial charge in [0, 0.05) is 30.9 Å². The maximum Gasteiger partial charge on any atom is 0.256 e. The number of benzene rings is 2. The molecule has 0 radical (unpaired) electrons. The smallest absolute Gasteiger partial charge is 0.256 e. The van der Waals surface area contributed by atoms with Crippen molar-refractivity contribution < 1.29 is 4.79 Å². The monoisotopic (exact) mass is 335 g/mol. The second-order valence-electron chi connectivity index (χ2n) is 6.88. The van der Waals surface area contributed by atoms with Gasteiger partial charge in [-0.25, -0.2) is 0 Å². The summed E-state index contributed by atoms with van der Waals surface area (Å²) in [6.07, 6.45) is 5.77. The highest BCUT2D eigenvalue weighted by molar-refractivity contribution is 6.07. The number of carbonyl (C=O) groups excluding carboxylic acids is 1. The van der Waals surface area contributed by atoms with E-state index in [0.717, 1.165) is 60.7 Å². The molecule has 0 atom stereocenters. The zero-order valence-electron chi connectivity index (χ0n) is 14.6. The molecule has 0 saturated carbocycles. The number of nitrogens with zero attached hydrogens (tertiary/aromatic N) is 1. The maximum atomic E-state index is 13.0. The number of hydrogen-bond donors (Lipinski definition) is 2. The molecule has 1 saturated heterocycles. The lowest BCUT2D eigenvalue weighted by atomic mass is 9.97. The van der Waals surface area contributed by atoms with Crippen molar-refractivity contribution in [3.63, 3.8) is 0 Å². The molecule has 2 heterocycles. The largest absolute Gasteiger partial charge is 0.385 e. The van der Waals surface area contributed by atoms with Crippen molar-refractivity contribution in [3.8, 4) is 0 Å². The van der Waals surface area contributed by atoms with Crippen molar-refractivity contribution in [2.45, 2.75) is 32.1 Å². The third-order valence-electron chi connectivity index (χ3n) is 5.19. The van der Waals surface area contributed by atoms with Crippen molar-refractivity contribution >= 4 is 23.0 Å². The van der Waals surface area contributed by atoms with Crippen LogP contribution >= 0.6 is 0 Å². The van der Waals surface area contributed by atoms with Crippen molar-refractivity contribution in [1.29, 1.82) is 0 Å². The summed E-state index contributed by atoms with van der Waals surface area (Å²) >= 11 is 0. The van der Waals surface area contributed by atoms with Crippen molar-refractivity contribution in [2.24, 2.45) is 0 Å². The number of nitrogens with one attached hydrogen (secondary N) is 2. The lowest BCUT2D eigenvalue weighted by Gasteiger charge is -2.30. The molecule has 1 fully saturated rings. The molecule has 2 N–H and O–H groups in total. The number of piperidine rings is 1. The predicted octanol–water partition coefficient (Wildman–Crippen LogP) is 4.29. The Morgan fingerprint density at radius 2 is 1.80 bits per heavy atom. The van der Waals surface area contributed by atoms with Gasteiger partial charge in [0.15, 0.2) is 0 Å². The molecule has 0 bridgehead atoms. The molecule has 25 heavy (non-hydrogen) atoms. The van der Waals surface area contributed by atoms with Gasteiger partial charge in [-0.2, -0.15) is 0 Å². The zero-order valence-corrected chi connectivity index (χ0v) is 14.6. The highest BCUT2D eigenvalue weighted by atomic mass is 16.1. The second-order valence-corrected chi connectivity index (χ2v) is 6.88. The minimum absolute atomic E-state index is 0.00925. The van der Waals surface area contributed by atoms with Crippen LogP contribution in [0.5, 0.6) is 0 Å². The van der Waals surface area contributed by atoms with E-state index in [0.29, 0.717) is 0 Å². The number of carbonyl (C=O) groups is 1. The predicted molar refractivity (Wildman–Crippen MR) is 104 cm³/mol. The van der Waals surface area contributed by atoms with E-state index >= 15 is 0 Å². The molecule has 0 spiro atoms. The normalized spacial score (nSPS) is 16.7. The van der Waals surface area contributed by atoms with Crippen molar-refractivity contribution in [1.82, 2.24) is 0 Å². The van der Waals surface area contributed by atoms with E-state index in [9.17, 15) is 4.79 Å². The van der Waals surface area contributed by atoms with Gasteiger partial charge in [-0.3, -0.25) is 4.79 Å². The van der Waals surface area contributed by atoms with Crippen LogP contribution in [0.25, 0.3) is 0 Å². The third kappa shape index (κ3) is 3.34. The summed E-state index contributed by atoms with van der Waals surface area (Å²) in [5.74, 6) is -0.00925. The first-order valence-electron chi connectivity index (χ1n) is 9.34. The highest BCUT2D eigenvalue weighted by Gasteiger charge is 2.20.